The van der Waals surface area contributed by atoms with Crippen molar-refractivity contribution >= 4 is 17.5 Å². The first-order valence-electron chi connectivity index (χ1n) is 9.38. The molecule has 0 saturated heterocycles. The van der Waals surface area contributed by atoms with E-state index in [1.54, 1.807) is 43.3 Å². The van der Waals surface area contributed by atoms with Crippen LogP contribution in [0.3, 0.4) is 0 Å². The molecule has 1 atom stereocenters. The van der Waals surface area contributed by atoms with Crippen molar-refractivity contribution < 1.29 is 14.3 Å². The van der Waals surface area contributed by atoms with E-state index in [9.17, 15) is 9.59 Å². The van der Waals surface area contributed by atoms with Crippen LogP contribution in [-0.4, -0.2) is 30.9 Å². The smallest absolute Gasteiger partial charge is 0.257 e. The highest BCUT2D eigenvalue weighted by Gasteiger charge is 2.22. The fourth-order valence-corrected chi connectivity index (χ4v) is 3.08. The van der Waals surface area contributed by atoms with Crippen molar-refractivity contribution in [3.63, 3.8) is 0 Å². The van der Waals surface area contributed by atoms with Crippen LogP contribution in [0, 0.1) is 0 Å². The average Bonchev–Trinajstić information content (AvgIpc) is 2.78. The Bertz CT molecular complexity index is 1000. The maximum atomic E-state index is 13.0. The maximum absolute atomic E-state index is 13.0. The van der Waals surface area contributed by atoms with Gasteiger partial charge in [0.15, 0.2) is 0 Å². The Kier molecular flexibility index (Phi) is 6.29. The highest BCUT2D eigenvalue weighted by molar-refractivity contribution is 6.04. The quantitative estimate of drug-likeness (QED) is 0.661. The largest absolute Gasteiger partial charge is 0.496 e. The Labute approximate surface area is 170 Å². The second-order valence-electron chi connectivity index (χ2n) is 6.74. The number of hydrogen-bond acceptors (Lipinski definition) is 3. The molecule has 0 aliphatic rings. The van der Waals surface area contributed by atoms with Gasteiger partial charge in [0.2, 0.25) is 0 Å². The van der Waals surface area contributed by atoms with Gasteiger partial charge < -0.3 is 15.0 Å². The van der Waals surface area contributed by atoms with Crippen molar-refractivity contribution in [3.05, 3.63) is 95.6 Å². The number of para-hydroxylation sites is 1. The maximum Gasteiger partial charge on any atom is 0.257 e. The molecular weight excluding hydrogens is 364 g/mol. The van der Waals surface area contributed by atoms with Gasteiger partial charge in [-0.3, -0.25) is 9.59 Å². The summed E-state index contributed by atoms with van der Waals surface area (Å²) in [7, 11) is 3.31. The molecule has 3 rings (SSSR count). The van der Waals surface area contributed by atoms with Gasteiger partial charge >= 0.3 is 0 Å². The fraction of sp³-hybridized carbons (Fsp3) is 0.167. The van der Waals surface area contributed by atoms with Crippen molar-refractivity contribution in [2.75, 3.05) is 19.5 Å². The normalized spacial score (nSPS) is 11.4. The molecular formula is C24H24N2O3. The SMILES string of the molecule is COc1ccccc1C(=O)N(C)[C@@H](C)c1cccc(NC(=O)c2ccccc2)c1. The van der Waals surface area contributed by atoms with Gasteiger partial charge in [-0.15, -0.1) is 0 Å². The number of carbonyl (C=O) groups excluding carboxylic acids is 2. The molecule has 0 bridgehead atoms. The fourth-order valence-electron chi connectivity index (χ4n) is 3.08. The van der Waals surface area contributed by atoms with E-state index in [2.05, 4.69) is 5.32 Å². The third-order valence-corrected chi connectivity index (χ3v) is 4.90. The Morgan fingerprint density at radius 3 is 2.34 bits per heavy atom. The molecule has 1 N–H and O–H groups in total. The van der Waals surface area contributed by atoms with E-state index in [-0.39, 0.29) is 17.9 Å². The molecule has 0 fully saturated rings. The minimum absolute atomic E-state index is 0.131. The van der Waals surface area contributed by atoms with Crippen LogP contribution in [0.1, 0.15) is 39.2 Å². The number of ether oxygens (including phenoxy) is 1. The predicted octanol–water partition coefficient (Wildman–Crippen LogP) is 4.78. The van der Waals surface area contributed by atoms with Gasteiger partial charge in [-0.05, 0) is 48.9 Å². The minimum atomic E-state index is -0.194. The van der Waals surface area contributed by atoms with E-state index in [4.69, 9.17) is 4.74 Å². The number of carbonyl (C=O) groups is 2. The number of methoxy groups -OCH3 is 1. The number of nitrogens with one attached hydrogen (secondary N) is 1. The van der Waals surface area contributed by atoms with E-state index in [1.165, 1.54) is 0 Å². The molecule has 5 nitrogen and oxygen atoms in total. The highest BCUT2D eigenvalue weighted by Crippen LogP contribution is 2.26. The van der Waals surface area contributed by atoms with Gasteiger partial charge in [0.05, 0.1) is 18.7 Å². The molecule has 0 aromatic heterocycles. The molecule has 0 aliphatic heterocycles. The predicted molar refractivity (Wildman–Crippen MR) is 114 cm³/mol. The van der Waals surface area contributed by atoms with Crippen LogP contribution < -0.4 is 10.1 Å². The van der Waals surface area contributed by atoms with Crippen LogP contribution in [0.2, 0.25) is 0 Å². The molecule has 2 amide bonds. The molecule has 0 saturated carbocycles. The average molecular weight is 388 g/mol. The topological polar surface area (TPSA) is 58.6 Å². The summed E-state index contributed by atoms with van der Waals surface area (Å²) in [5.41, 5.74) is 2.70. The van der Waals surface area contributed by atoms with E-state index in [0.717, 1.165) is 5.56 Å². The number of benzene rings is 3. The summed E-state index contributed by atoms with van der Waals surface area (Å²) in [6.07, 6.45) is 0. The number of nitrogens with zero attached hydrogens (tertiary/aromatic N) is 1. The monoisotopic (exact) mass is 388 g/mol. The van der Waals surface area contributed by atoms with Gasteiger partial charge in [0, 0.05) is 18.3 Å². The standard InChI is InChI=1S/C24H24N2O3/c1-17(26(2)24(28)21-14-7-8-15-22(21)29-3)19-12-9-13-20(16-19)25-23(27)18-10-5-4-6-11-18/h4-17H,1-3H3,(H,25,27)/t17-/m0/s1. The van der Waals surface area contributed by atoms with Gasteiger partial charge in [0.25, 0.3) is 11.8 Å². The molecule has 3 aromatic rings. The number of amides is 2. The van der Waals surface area contributed by atoms with Gasteiger partial charge in [-0.25, -0.2) is 0 Å². The van der Waals surface area contributed by atoms with Crippen molar-refractivity contribution in [3.8, 4) is 5.75 Å². The molecule has 0 unspecified atom stereocenters. The number of rotatable bonds is 6. The molecule has 0 radical (unpaired) electrons. The van der Waals surface area contributed by atoms with Crippen LogP contribution >= 0.6 is 0 Å². The third-order valence-electron chi connectivity index (χ3n) is 4.90. The first-order chi connectivity index (χ1) is 14.0. The van der Waals surface area contributed by atoms with E-state index in [0.29, 0.717) is 22.6 Å². The van der Waals surface area contributed by atoms with Crippen molar-refractivity contribution in [1.82, 2.24) is 4.90 Å². The van der Waals surface area contributed by atoms with E-state index >= 15 is 0 Å². The lowest BCUT2D eigenvalue weighted by Gasteiger charge is -2.26. The van der Waals surface area contributed by atoms with Crippen LogP contribution in [-0.2, 0) is 0 Å². The van der Waals surface area contributed by atoms with Crippen LogP contribution in [0.15, 0.2) is 78.9 Å². The molecule has 0 spiro atoms. The lowest BCUT2D eigenvalue weighted by Crippen LogP contribution is -2.30. The lowest BCUT2D eigenvalue weighted by molar-refractivity contribution is 0.0739. The second kappa shape index (κ2) is 9.06. The molecule has 3 aromatic carbocycles. The van der Waals surface area contributed by atoms with Crippen molar-refractivity contribution in [1.29, 1.82) is 0 Å². The van der Waals surface area contributed by atoms with E-state index in [1.807, 2.05) is 61.5 Å². The summed E-state index contributed by atoms with van der Waals surface area (Å²) >= 11 is 0. The van der Waals surface area contributed by atoms with Crippen LogP contribution in [0.25, 0.3) is 0 Å². The van der Waals surface area contributed by atoms with E-state index < -0.39 is 0 Å². The van der Waals surface area contributed by atoms with Crippen molar-refractivity contribution in [2.24, 2.45) is 0 Å². The summed E-state index contributed by atoms with van der Waals surface area (Å²) in [6, 6.07) is 23.5. The van der Waals surface area contributed by atoms with Crippen molar-refractivity contribution in [2.45, 2.75) is 13.0 Å². The summed E-state index contributed by atoms with van der Waals surface area (Å²) in [5, 5.41) is 2.91. The second-order valence-corrected chi connectivity index (χ2v) is 6.74. The summed E-state index contributed by atoms with van der Waals surface area (Å²) in [6.45, 7) is 1.95. The minimum Gasteiger partial charge on any atom is -0.496 e. The molecule has 5 heteroatoms. The first kappa shape index (κ1) is 20.1. The summed E-state index contributed by atoms with van der Waals surface area (Å²) in [5.74, 6) is 0.239. The zero-order valence-electron chi connectivity index (χ0n) is 16.8. The lowest BCUT2D eigenvalue weighted by atomic mass is 10.0. The van der Waals surface area contributed by atoms with Crippen LogP contribution in [0.5, 0.6) is 5.75 Å². The molecule has 148 valence electrons. The molecule has 29 heavy (non-hydrogen) atoms. The Balaban J connectivity index is 1.77. The highest BCUT2D eigenvalue weighted by atomic mass is 16.5. The zero-order chi connectivity index (χ0) is 20.8. The van der Waals surface area contributed by atoms with Gasteiger partial charge in [-0.1, -0.05) is 42.5 Å². The third kappa shape index (κ3) is 4.63. The Hall–Kier alpha value is -3.60. The van der Waals surface area contributed by atoms with Gasteiger partial charge in [0.1, 0.15) is 5.75 Å². The Morgan fingerprint density at radius 1 is 0.931 bits per heavy atom. The van der Waals surface area contributed by atoms with Crippen LogP contribution in [0.4, 0.5) is 5.69 Å². The first-order valence-corrected chi connectivity index (χ1v) is 9.38. The number of anilines is 1. The summed E-state index contributed by atoms with van der Waals surface area (Å²) in [4.78, 5) is 27.0. The number of hydrogen-bond donors (Lipinski definition) is 1. The Morgan fingerprint density at radius 2 is 1.62 bits per heavy atom. The molecule has 0 heterocycles. The van der Waals surface area contributed by atoms with Gasteiger partial charge in [-0.2, -0.15) is 0 Å². The zero-order valence-corrected chi connectivity index (χ0v) is 16.8. The summed E-state index contributed by atoms with van der Waals surface area (Å²) < 4.78 is 5.31. The molecule has 0 aliphatic carbocycles.